The first kappa shape index (κ1) is 25.0. The summed E-state index contributed by atoms with van der Waals surface area (Å²) in [5.74, 6) is 1.81. The van der Waals surface area contributed by atoms with E-state index >= 15 is 0 Å². The van der Waals surface area contributed by atoms with Crippen molar-refractivity contribution in [3.8, 4) is 11.8 Å². The van der Waals surface area contributed by atoms with Crippen LogP contribution in [0.4, 0.5) is 5.82 Å². The quantitative estimate of drug-likeness (QED) is 0.442. The van der Waals surface area contributed by atoms with Gasteiger partial charge in [-0.15, -0.1) is 0 Å². The molecule has 0 bridgehead atoms. The van der Waals surface area contributed by atoms with Gasteiger partial charge in [0.1, 0.15) is 27.5 Å². The van der Waals surface area contributed by atoms with Gasteiger partial charge in [-0.3, -0.25) is 19.1 Å². The summed E-state index contributed by atoms with van der Waals surface area (Å²) in [6.45, 7) is 5.98. The van der Waals surface area contributed by atoms with Crippen molar-refractivity contribution in [1.82, 2.24) is 9.47 Å². The van der Waals surface area contributed by atoms with Gasteiger partial charge < -0.3 is 9.64 Å². The van der Waals surface area contributed by atoms with Crippen LogP contribution in [-0.2, 0) is 18.4 Å². The van der Waals surface area contributed by atoms with Crippen molar-refractivity contribution in [3.05, 3.63) is 61.8 Å². The first-order chi connectivity index (χ1) is 16.7. The van der Waals surface area contributed by atoms with Crippen molar-refractivity contribution < 1.29 is 9.53 Å². The van der Waals surface area contributed by atoms with E-state index in [1.54, 1.807) is 36.6 Å². The Kier molecular flexibility index (Phi) is 7.33. The second-order valence-corrected chi connectivity index (χ2v) is 10.7. The minimum Gasteiger partial charge on any atom is -0.497 e. The van der Waals surface area contributed by atoms with E-state index in [1.165, 1.54) is 11.8 Å². The van der Waals surface area contributed by atoms with Crippen molar-refractivity contribution in [2.24, 2.45) is 13.0 Å². The highest BCUT2D eigenvalue weighted by Crippen LogP contribution is 2.37. The lowest BCUT2D eigenvalue weighted by Crippen LogP contribution is -2.39. The normalized spacial score (nSPS) is 19.4. The molecule has 0 saturated carbocycles. The number of hydrogen-bond donors (Lipinski definition) is 0. The Morgan fingerprint density at radius 1 is 1.29 bits per heavy atom. The standard InChI is InChI=1S/C26H28N4O3S2/c1-16-6-5-11-29(14-16)23-20(17(2)21(13-27)24(31)28(23)3)12-22-25(32)30(26(34)35-22)15-18-7-9-19(33-4)10-8-18/h7-10,12,16H,5-6,11,14-15H2,1-4H3. The molecule has 1 amide bonds. The average Bonchev–Trinajstić information content (AvgIpc) is 3.11. The Labute approximate surface area is 215 Å². The number of nitrogens with zero attached hydrogens (tertiary/aromatic N) is 4. The van der Waals surface area contributed by atoms with Crippen LogP contribution >= 0.6 is 24.0 Å². The van der Waals surface area contributed by atoms with Gasteiger partial charge in [0.25, 0.3) is 11.5 Å². The van der Waals surface area contributed by atoms with Crippen LogP contribution in [0.25, 0.3) is 6.08 Å². The molecule has 9 heteroatoms. The van der Waals surface area contributed by atoms with E-state index in [9.17, 15) is 14.9 Å². The molecular formula is C26H28N4O3S2. The number of amides is 1. The zero-order valence-electron chi connectivity index (χ0n) is 20.3. The number of aromatic nitrogens is 1. The second kappa shape index (κ2) is 10.3. The van der Waals surface area contributed by atoms with E-state index < -0.39 is 0 Å². The largest absolute Gasteiger partial charge is 0.497 e. The van der Waals surface area contributed by atoms with Crippen molar-refractivity contribution in [2.45, 2.75) is 33.2 Å². The van der Waals surface area contributed by atoms with Gasteiger partial charge in [-0.05, 0) is 55.0 Å². The molecule has 3 heterocycles. The molecule has 0 N–H and O–H groups in total. The van der Waals surface area contributed by atoms with Gasteiger partial charge in [-0.25, -0.2) is 0 Å². The molecule has 0 aliphatic carbocycles. The number of methoxy groups -OCH3 is 1. The molecule has 0 spiro atoms. The van der Waals surface area contributed by atoms with E-state index in [0.29, 0.717) is 27.3 Å². The Balaban J connectivity index is 1.74. The van der Waals surface area contributed by atoms with Crippen LogP contribution in [0, 0.1) is 24.2 Å². The fourth-order valence-electron chi connectivity index (χ4n) is 4.66. The summed E-state index contributed by atoms with van der Waals surface area (Å²) in [6, 6.07) is 9.59. The predicted molar refractivity (Wildman–Crippen MR) is 143 cm³/mol. The molecule has 2 aliphatic rings. The van der Waals surface area contributed by atoms with Gasteiger partial charge in [0.15, 0.2) is 0 Å². The number of thiocarbonyl (C=S) groups is 1. The zero-order valence-corrected chi connectivity index (χ0v) is 22.0. The fraction of sp³-hybridized carbons (Fsp3) is 0.385. The maximum atomic E-state index is 13.4. The summed E-state index contributed by atoms with van der Waals surface area (Å²) < 4.78 is 7.24. The minimum atomic E-state index is -0.317. The molecule has 2 fully saturated rings. The predicted octanol–water partition coefficient (Wildman–Crippen LogP) is 4.21. The molecule has 182 valence electrons. The lowest BCUT2D eigenvalue weighted by atomic mass is 9.98. The number of benzene rings is 1. The van der Waals surface area contributed by atoms with Crippen molar-refractivity contribution in [1.29, 1.82) is 5.26 Å². The number of carbonyl (C=O) groups excluding carboxylic acids is 1. The second-order valence-electron chi connectivity index (χ2n) is 9.02. The van der Waals surface area contributed by atoms with Gasteiger partial charge in [-0.2, -0.15) is 5.26 Å². The zero-order chi connectivity index (χ0) is 25.3. The summed E-state index contributed by atoms with van der Waals surface area (Å²) in [5.41, 5.74) is 2.03. The summed E-state index contributed by atoms with van der Waals surface area (Å²) in [5, 5.41) is 9.68. The van der Waals surface area contributed by atoms with Crippen LogP contribution in [0.5, 0.6) is 5.75 Å². The Hall–Kier alpha value is -3.09. The number of anilines is 1. The van der Waals surface area contributed by atoms with Gasteiger partial charge in [0.05, 0.1) is 18.6 Å². The third kappa shape index (κ3) is 4.86. The lowest BCUT2D eigenvalue weighted by Gasteiger charge is -2.35. The number of piperidine rings is 1. The van der Waals surface area contributed by atoms with E-state index in [-0.39, 0.29) is 17.0 Å². The topological polar surface area (TPSA) is 78.6 Å². The fourth-order valence-corrected chi connectivity index (χ4v) is 5.89. The van der Waals surface area contributed by atoms with E-state index in [4.69, 9.17) is 17.0 Å². The molecular weight excluding hydrogens is 480 g/mol. The number of thioether (sulfide) groups is 1. The van der Waals surface area contributed by atoms with Crippen molar-refractivity contribution in [2.75, 3.05) is 25.1 Å². The van der Waals surface area contributed by atoms with Crippen LogP contribution in [0.3, 0.4) is 0 Å². The van der Waals surface area contributed by atoms with Crippen LogP contribution in [-0.4, -0.2) is 39.9 Å². The molecule has 7 nitrogen and oxygen atoms in total. The molecule has 1 atom stereocenters. The van der Waals surface area contributed by atoms with Gasteiger partial charge in [-0.1, -0.05) is 43.0 Å². The molecule has 2 aliphatic heterocycles. The number of carbonyl (C=O) groups is 1. The van der Waals surface area contributed by atoms with Crippen molar-refractivity contribution >= 4 is 46.1 Å². The number of pyridine rings is 1. The molecule has 0 radical (unpaired) electrons. The highest BCUT2D eigenvalue weighted by molar-refractivity contribution is 8.26. The molecule has 2 aromatic rings. The summed E-state index contributed by atoms with van der Waals surface area (Å²) >= 11 is 6.79. The summed E-state index contributed by atoms with van der Waals surface area (Å²) in [6.07, 6.45) is 3.97. The van der Waals surface area contributed by atoms with Crippen LogP contribution < -0.4 is 15.2 Å². The smallest absolute Gasteiger partial charge is 0.270 e. The average molecular weight is 509 g/mol. The highest BCUT2D eigenvalue weighted by atomic mass is 32.2. The van der Waals surface area contributed by atoms with E-state index in [0.717, 1.165) is 48.6 Å². The highest BCUT2D eigenvalue weighted by Gasteiger charge is 2.33. The maximum absolute atomic E-state index is 13.4. The minimum absolute atomic E-state index is 0.0984. The Morgan fingerprint density at radius 3 is 2.63 bits per heavy atom. The molecule has 1 unspecified atom stereocenters. The number of nitriles is 1. The molecule has 1 aromatic carbocycles. The first-order valence-electron chi connectivity index (χ1n) is 11.5. The van der Waals surface area contributed by atoms with Crippen LogP contribution in [0.1, 0.15) is 42.0 Å². The monoisotopic (exact) mass is 508 g/mol. The van der Waals surface area contributed by atoms with Crippen LogP contribution in [0.2, 0.25) is 0 Å². The molecule has 1 aromatic heterocycles. The van der Waals surface area contributed by atoms with Gasteiger partial charge >= 0.3 is 0 Å². The Morgan fingerprint density at radius 2 is 2.00 bits per heavy atom. The van der Waals surface area contributed by atoms with E-state index in [1.807, 2.05) is 24.3 Å². The summed E-state index contributed by atoms with van der Waals surface area (Å²) in [4.78, 5) is 30.6. The number of rotatable bonds is 5. The number of hydrogen-bond acceptors (Lipinski definition) is 7. The molecule has 35 heavy (non-hydrogen) atoms. The van der Waals surface area contributed by atoms with Gasteiger partial charge in [0.2, 0.25) is 0 Å². The SMILES string of the molecule is COc1ccc(CN2C(=O)C(=Cc3c(C)c(C#N)c(=O)n(C)c3N3CCCC(C)C3)SC2=S)cc1. The third-order valence-corrected chi connectivity index (χ3v) is 7.95. The first-order valence-corrected chi connectivity index (χ1v) is 12.7. The van der Waals surface area contributed by atoms with Gasteiger partial charge in [0, 0.05) is 25.7 Å². The molecule has 4 rings (SSSR count). The Bertz CT molecular complexity index is 1310. The third-order valence-electron chi connectivity index (χ3n) is 6.57. The lowest BCUT2D eigenvalue weighted by molar-refractivity contribution is -0.122. The number of ether oxygens (including phenoxy) is 1. The van der Waals surface area contributed by atoms with Crippen LogP contribution in [0.15, 0.2) is 34.0 Å². The molecule has 2 saturated heterocycles. The van der Waals surface area contributed by atoms with Crippen molar-refractivity contribution in [3.63, 3.8) is 0 Å². The summed E-state index contributed by atoms with van der Waals surface area (Å²) in [7, 11) is 3.31. The van der Waals surface area contributed by atoms with E-state index in [2.05, 4.69) is 17.9 Å². The maximum Gasteiger partial charge on any atom is 0.270 e.